The molecule has 0 spiro atoms. The van der Waals surface area contributed by atoms with Crippen LogP contribution in [0.3, 0.4) is 0 Å². The van der Waals surface area contributed by atoms with Crippen LogP contribution in [0.15, 0.2) is 0 Å². The second-order valence-electron chi connectivity index (χ2n) is 4.28. The van der Waals surface area contributed by atoms with Gasteiger partial charge in [-0.1, -0.05) is 45.4 Å². The van der Waals surface area contributed by atoms with Crippen LogP contribution in [0.1, 0.15) is 65.7 Å². The molecule has 0 aromatic heterocycles. The first kappa shape index (κ1) is 12.0. The summed E-state index contributed by atoms with van der Waals surface area (Å²) in [5.41, 5.74) is -0.704. The lowest BCUT2D eigenvalue weighted by Gasteiger charge is -2.12. The van der Waals surface area contributed by atoms with E-state index in [1.807, 2.05) is 0 Å². The lowest BCUT2D eigenvalue weighted by atomic mass is 10.00. The molecular weight excluding hydrogens is 148 g/mol. The monoisotopic (exact) mass is 171 g/mol. The third-order valence-electron chi connectivity index (χ3n) is 2.13. The van der Waals surface area contributed by atoms with Crippen LogP contribution in [0, 0.1) is 0 Å². The molecule has 0 unspecified atom stereocenters. The highest BCUT2D eigenvalue weighted by atomic mass is 16.3. The maximum atomic E-state index is 11.2. The van der Waals surface area contributed by atoms with Gasteiger partial charge in [-0.2, -0.15) is 0 Å². The Balaban J connectivity index is 3.01. The number of unbranched alkanes of at least 4 members (excludes halogenated alkanes) is 5. The van der Waals surface area contributed by atoms with Crippen LogP contribution in [0.4, 0.5) is 0 Å². The van der Waals surface area contributed by atoms with E-state index in [2.05, 4.69) is 6.92 Å². The minimum absolute atomic E-state index is 0.704. The quantitative estimate of drug-likeness (QED) is 0.517. The van der Waals surface area contributed by atoms with Gasteiger partial charge in [0, 0.05) is 0 Å². The standard InChI is InChI=1S/C11H23O/c1-4-5-6-7-8-9-10-11(2,3)12/h4-10H2,1-3H3. The topological polar surface area (TPSA) is 19.9 Å². The number of hydrogen-bond donors (Lipinski definition) is 0. The summed E-state index contributed by atoms with van der Waals surface area (Å²) < 4.78 is 0. The van der Waals surface area contributed by atoms with E-state index in [4.69, 9.17) is 0 Å². The second kappa shape index (κ2) is 6.47. The van der Waals surface area contributed by atoms with Crippen molar-refractivity contribution in [2.24, 2.45) is 0 Å². The lowest BCUT2D eigenvalue weighted by Crippen LogP contribution is -2.15. The van der Waals surface area contributed by atoms with Crippen molar-refractivity contribution < 1.29 is 5.11 Å². The Kier molecular flexibility index (Phi) is 6.45. The predicted octanol–water partition coefficient (Wildman–Crippen LogP) is 3.95. The molecule has 0 aromatic rings. The first-order chi connectivity index (χ1) is 5.56. The van der Waals surface area contributed by atoms with Gasteiger partial charge in [0.1, 0.15) is 0 Å². The number of rotatable bonds is 7. The van der Waals surface area contributed by atoms with E-state index >= 15 is 0 Å². The largest absolute Gasteiger partial charge is 0.230 e. The van der Waals surface area contributed by atoms with Gasteiger partial charge in [-0.05, 0) is 20.3 Å². The van der Waals surface area contributed by atoms with Crippen molar-refractivity contribution in [1.29, 1.82) is 0 Å². The molecule has 0 N–H and O–H groups in total. The molecule has 0 aromatic carbocycles. The van der Waals surface area contributed by atoms with Gasteiger partial charge in [0.25, 0.3) is 0 Å². The molecule has 73 valence electrons. The van der Waals surface area contributed by atoms with Gasteiger partial charge in [0.2, 0.25) is 0 Å². The van der Waals surface area contributed by atoms with Crippen molar-refractivity contribution in [3.63, 3.8) is 0 Å². The Bertz CT molecular complexity index is 91.7. The average molecular weight is 171 g/mol. The van der Waals surface area contributed by atoms with E-state index in [9.17, 15) is 5.11 Å². The first-order valence-corrected chi connectivity index (χ1v) is 5.26. The van der Waals surface area contributed by atoms with E-state index in [1.165, 1.54) is 32.1 Å². The smallest absolute Gasteiger partial charge is 0.0980 e. The Morgan fingerprint density at radius 2 is 1.42 bits per heavy atom. The summed E-state index contributed by atoms with van der Waals surface area (Å²) in [6, 6.07) is 0. The van der Waals surface area contributed by atoms with E-state index < -0.39 is 5.60 Å². The lowest BCUT2D eigenvalue weighted by molar-refractivity contribution is -0.00510. The Labute approximate surface area is 77.2 Å². The summed E-state index contributed by atoms with van der Waals surface area (Å²) in [4.78, 5) is 0. The highest BCUT2D eigenvalue weighted by Gasteiger charge is 2.13. The molecule has 0 aliphatic heterocycles. The van der Waals surface area contributed by atoms with Crippen LogP contribution in [-0.2, 0) is 5.11 Å². The van der Waals surface area contributed by atoms with Gasteiger partial charge in [0.05, 0.1) is 5.60 Å². The van der Waals surface area contributed by atoms with E-state index in [1.54, 1.807) is 13.8 Å². The van der Waals surface area contributed by atoms with Crippen molar-refractivity contribution in [3.05, 3.63) is 0 Å². The number of hydrogen-bond acceptors (Lipinski definition) is 0. The molecule has 1 heteroatoms. The minimum atomic E-state index is -0.704. The Hall–Kier alpha value is -0.0400. The van der Waals surface area contributed by atoms with Crippen LogP contribution in [0.25, 0.3) is 0 Å². The SMILES string of the molecule is CCCCCCCCC(C)(C)[O]. The molecule has 1 radical (unpaired) electrons. The predicted molar refractivity (Wildman–Crippen MR) is 52.8 cm³/mol. The van der Waals surface area contributed by atoms with Gasteiger partial charge >= 0.3 is 0 Å². The van der Waals surface area contributed by atoms with Gasteiger partial charge in [-0.3, -0.25) is 0 Å². The molecular formula is C11H23O. The summed E-state index contributed by atoms with van der Waals surface area (Å²) in [6.07, 6.45) is 8.48. The molecule has 0 heterocycles. The maximum absolute atomic E-state index is 11.2. The van der Waals surface area contributed by atoms with Crippen molar-refractivity contribution in [1.82, 2.24) is 0 Å². The van der Waals surface area contributed by atoms with Crippen LogP contribution >= 0.6 is 0 Å². The van der Waals surface area contributed by atoms with E-state index in [0.717, 1.165) is 12.8 Å². The Morgan fingerprint density at radius 1 is 0.917 bits per heavy atom. The van der Waals surface area contributed by atoms with Crippen LogP contribution in [-0.4, -0.2) is 5.60 Å². The molecule has 0 amide bonds. The minimum Gasteiger partial charge on any atom is -0.230 e. The van der Waals surface area contributed by atoms with Crippen molar-refractivity contribution in [2.45, 2.75) is 71.3 Å². The zero-order chi connectivity index (χ0) is 9.45. The average Bonchev–Trinajstić information content (AvgIpc) is 1.94. The molecule has 0 aliphatic carbocycles. The van der Waals surface area contributed by atoms with E-state index in [-0.39, 0.29) is 0 Å². The normalized spacial score (nSPS) is 12.0. The molecule has 0 atom stereocenters. The van der Waals surface area contributed by atoms with Gasteiger partial charge in [-0.25, -0.2) is 5.11 Å². The van der Waals surface area contributed by atoms with Gasteiger partial charge in [-0.15, -0.1) is 0 Å². The van der Waals surface area contributed by atoms with Crippen LogP contribution in [0.5, 0.6) is 0 Å². The zero-order valence-corrected chi connectivity index (χ0v) is 8.86. The van der Waals surface area contributed by atoms with Crippen molar-refractivity contribution >= 4 is 0 Å². The highest BCUT2D eigenvalue weighted by molar-refractivity contribution is 4.63. The van der Waals surface area contributed by atoms with Crippen LogP contribution in [0.2, 0.25) is 0 Å². The van der Waals surface area contributed by atoms with E-state index in [0.29, 0.717) is 0 Å². The molecule has 0 rings (SSSR count). The molecule has 0 fully saturated rings. The van der Waals surface area contributed by atoms with Crippen molar-refractivity contribution in [3.8, 4) is 0 Å². The third-order valence-corrected chi connectivity index (χ3v) is 2.13. The van der Waals surface area contributed by atoms with Crippen molar-refractivity contribution in [2.75, 3.05) is 0 Å². The molecule has 0 saturated carbocycles. The zero-order valence-electron chi connectivity index (χ0n) is 8.86. The fourth-order valence-corrected chi connectivity index (χ4v) is 1.33. The van der Waals surface area contributed by atoms with Crippen LogP contribution < -0.4 is 0 Å². The van der Waals surface area contributed by atoms with Gasteiger partial charge < -0.3 is 0 Å². The third kappa shape index (κ3) is 9.96. The van der Waals surface area contributed by atoms with Gasteiger partial charge in [0.15, 0.2) is 0 Å². The maximum Gasteiger partial charge on any atom is 0.0980 e. The summed E-state index contributed by atoms with van der Waals surface area (Å²) in [7, 11) is 0. The molecule has 0 bridgehead atoms. The summed E-state index contributed by atoms with van der Waals surface area (Å²) >= 11 is 0. The summed E-state index contributed by atoms with van der Waals surface area (Å²) in [5.74, 6) is 0. The summed E-state index contributed by atoms with van der Waals surface area (Å²) in [5, 5.41) is 11.2. The summed E-state index contributed by atoms with van der Waals surface area (Å²) in [6.45, 7) is 5.78. The molecule has 0 aliphatic rings. The molecule has 12 heavy (non-hydrogen) atoms. The fraction of sp³-hybridized carbons (Fsp3) is 1.00. The fourth-order valence-electron chi connectivity index (χ4n) is 1.33. The molecule has 0 saturated heterocycles. The second-order valence-corrected chi connectivity index (χ2v) is 4.28. The highest BCUT2D eigenvalue weighted by Crippen LogP contribution is 2.15. The molecule has 1 nitrogen and oxygen atoms in total. The first-order valence-electron chi connectivity index (χ1n) is 5.26. The Morgan fingerprint density at radius 3 is 1.92 bits per heavy atom.